The van der Waals surface area contributed by atoms with E-state index in [1.165, 1.54) is 0 Å². The van der Waals surface area contributed by atoms with Crippen LogP contribution in [0, 0.1) is 11.3 Å². The lowest BCUT2D eigenvalue weighted by Crippen LogP contribution is -2.37. The maximum atomic E-state index is 11.7. The molecule has 0 amide bonds. The summed E-state index contributed by atoms with van der Waals surface area (Å²) in [5, 5.41) is 0. The van der Waals surface area contributed by atoms with Crippen LogP contribution in [0.2, 0.25) is 0 Å². The molecule has 1 spiro atoms. The average molecular weight is 267 g/mol. The van der Waals surface area contributed by atoms with Crippen molar-refractivity contribution in [2.75, 3.05) is 6.61 Å². The largest absolute Gasteiger partial charge is 0.461 e. The molecule has 0 aromatic rings. The first-order valence-electron chi connectivity index (χ1n) is 7.20. The second-order valence-electron chi connectivity index (χ2n) is 6.69. The van der Waals surface area contributed by atoms with Crippen LogP contribution in [-0.4, -0.2) is 18.2 Å². The van der Waals surface area contributed by atoms with Gasteiger partial charge in [-0.25, -0.2) is 4.79 Å². The molecule has 0 aromatic carbocycles. The van der Waals surface area contributed by atoms with Crippen LogP contribution in [0.25, 0.3) is 0 Å². The third-order valence-corrected chi connectivity index (χ3v) is 4.32. The molecule has 0 radical (unpaired) electrons. The lowest BCUT2D eigenvalue weighted by atomic mass is 9.68. The van der Waals surface area contributed by atoms with Gasteiger partial charge in [-0.3, -0.25) is 10.3 Å². The zero-order valence-corrected chi connectivity index (χ0v) is 12.4. The van der Waals surface area contributed by atoms with Crippen LogP contribution in [0.1, 0.15) is 53.4 Å². The van der Waals surface area contributed by atoms with Gasteiger partial charge in [0.05, 0.1) is 6.61 Å². The van der Waals surface area contributed by atoms with Gasteiger partial charge in [0.25, 0.3) is 0 Å². The summed E-state index contributed by atoms with van der Waals surface area (Å²) in [6.45, 7) is 9.07. The van der Waals surface area contributed by atoms with Crippen LogP contribution in [0.15, 0.2) is 11.8 Å². The highest BCUT2D eigenvalue weighted by atomic mass is 16.7. The van der Waals surface area contributed by atoms with Crippen LogP contribution in [0.4, 0.5) is 0 Å². The lowest BCUT2D eigenvalue weighted by Gasteiger charge is -2.40. The van der Waals surface area contributed by atoms with E-state index in [-0.39, 0.29) is 11.6 Å². The molecular weight excluding hydrogens is 242 g/mol. The molecule has 0 aromatic heterocycles. The van der Waals surface area contributed by atoms with Crippen LogP contribution in [0.3, 0.4) is 0 Å². The molecule has 1 aliphatic heterocycles. The monoisotopic (exact) mass is 267 g/mol. The van der Waals surface area contributed by atoms with E-state index in [9.17, 15) is 4.79 Å². The molecule has 1 N–H and O–H groups in total. The van der Waals surface area contributed by atoms with Gasteiger partial charge in [-0.05, 0) is 50.0 Å². The maximum absolute atomic E-state index is 11.7. The number of rotatable bonds is 2. The molecule has 4 heteroatoms. The predicted molar refractivity (Wildman–Crippen MR) is 73.1 cm³/mol. The van der Waals surface area contributed by atoms with Gasteiger partial charge in [0.1, 0.15) is 11.3 Å². The minimum absolute atomic E-state index is 0.302. The van der Waals surface area contributed by atoms with Gasteiger partial charge in [-0.15, -0.1) is 0 Å². The molecule has 0 bridgehead atoms. The highest BCUT2D eigenvalue weighted by Crippen LogP contribution is 2.44. The number of esters is 1. The number of hydrogen-bond acceptors (Lipinski definition) is 4. The van der Waals surface area contributed by atoms with E-state index in [1.54, 1.807) is 6.92 Å². The van der Waals surface area contributed by atoms with Gasteiger partial charge in [-0.1, -0.05) is 20.8 Å². The number of carbonyl (C=O) groups is 1. The molecule has 4 nitrogen and oxygen atoms in total. The average Bonchev–Trinajstić information content (AvgIpc) is 2.73. The van der Waals surface area contributed by atoms with Crippen LogP contribution in [0.5, 0.6) is 0 Å². The number of hydrogen-bond donors (Lipinski definition) is 1. The van der Waals surface area contributed by atoms with E-state index in [0.29, 0.717) is 17.7 Å². The third-order valence-electron chi connectivity index (χ3n) is 4.32. The number of nitrogens with one attached hydrogen (secondary N) is 1. The van der Waals surface area contributed by atoms with E-state index in [1.807, 2.05) is 6.08 Å². The number of carbonyl (C=O) groups excluding carboxylic acids is 1. The summed E-state index contributed by atoms with van der Waals surface area (Å²) in [6.07, 6.45) is 6.12. The molecule has 1 fully saturated rings. The van der Waals surface area contributed by atoms with Crippen molar-refractivity contribution in [3.05, 3.63) is 11.8 Å². The fraction of sp³-hybridized carbons (Fsp3) is 0.800. The highest BCUT2D eigenvalue weighted by molar-refractivity contribution is 5.88. The Labute approximate surface area is 115 Å². The Morgan fingerprint density at radius 3 is 2.63 bits per heavy atom. The highest BCUT2D eigenvalue weighted by Gasteiger charge is 2.42. The van der Waals surface area contributed by atoms with E-state index in [2.05, 4.69) is 26.3 Å². The second kappa shape index (κ2) is 5.16. The number of hydroxylamine groups is 1. The van der Waals surface area contributed by atoms with Gasteiger partial charge in [0.15, 0.2) is 0 Å². The van der Waals surface area contributed by atoms with Crippen molar-refractivity contribution in [3.8, 4) is 0 Å². The Morgan fingerprint density at radius 2 is 2.11 bits per heavy atom. The molecule has 1 heterocycles. The molecule has 1 aliphatic carbocycles. The van der Waals surface area contributed by atoms with Crippen LogP contribution >= 0.6 is 0 Å². The standard InChI is InChI=1S/C15H25NO3/c1-5-18-13(17)12-10-15(19-16-12)8-6-11(7-9-15)14(2,3)4/h10-11,16H,5-9H2,1-4H3. The van der Waals surface area contributed by atoms with Crippen molar-refractivity contribution in [1.82, 2.24) is 5.48 Å². The van der Waals surface area contributed by atoms with Crippen molar-refractivity contribution >= 4 is 5.97 Å². The zero-order chi connectivity index (χ0) is 14.1. The Balaban J connectivity index is 1.99. The summed E-state index contributed by atoms with van der Waals surface area (Å²) in [6, 6.07) is 0. The molecule has 108 valence electrons. The zero-order valence-electron chi connectivity index (χ0n) is 12.4. The summed E-state index contributed by atoms with van der Waals surface area (Å²) in [5.41, 5.74) is 3.24. The second-order valence-corrected chi connectivity index (χ2v) is 6.69. The Kier molecular flexibility index (Phi) is 3.90. The van der Waals surface area contributed by atoms with Gasteiger partial charge in [0.2, 0.25) is 0 Å². The third kappa shape index (κ3) is 3.11. The van der Waals surface area contributed by atoms with E-state index >= 15 is 0 Å². The molecule has 0 atom stereocenters. The summed E-state index contributed by atoms with van der Waals surface area (Å²) < 4.78 is 4.99. The molecule has 0 unspecified atom stereocenters. The fourth-order valence-corrected chi connectivity index (χ4v) is 3.01. The van der Waals surface area contributed by atoms with E-state index in [4.69, 9.17) is 9.57 Å². The SMILES string of the molecule is CCOC(=O)C1=CC2(CCC(C(C)(C)C)CC2)ON1. The number of ether oxygens (including phenoxy) is 1. The Bertz CT molecular complexity index is 373. The minimum Gasteiger partial charge on any atom is -0.461 e. The minimum atomic E-state index is -0.322. The molecule has 2 aliphatic rings. The van der Waals surface area contributed by atoms with Crippen LogP contribution < -0.4 is 5.48 Å². The van der Waals surface area contributed by atoms with Crippen molar-refractivity contribution in [2.45, 2.75) is 59.0 Å². The quantitative estimate of drug-likeness (QED) is 0.781. The van der Waals surface area contributed by atoms with Crippen LogP contribution in [-0.2, 0) is 14.4 Å². The van der Waals surface area contributed by atoms with Gasteiger partial charge < -0.3 is 4.74 Å². The van der Waals surface area contributed by atoms with E-state index in [0.717, 1.165) is 31.6 Å². The normalized spacial score (nSPS) is 30.9. The first-order chi connectivity index (χ1) is 8.86. The van der Waals surface area contributed by atoms with Gasteiger partial charge in [-0.2, -0.15) is 0 Å². The van der Waals surface area contributed by atoms with Crippen molar-refractivity contribution in [3.63, 3.8) is 0 Å². The van der Waals surface area contributed by atoms with Crippen molar-refractivity contribution in [1.29, 1.82) is 0 Å². The summed E-state index contributed by atoms with van der Waals surface area (Å²) in [5.74, 6) is 0.402. The molecular formula is C15H25NO3. The molecule has 2 rings (SSSR count). The molecule has 0 saturated heterocycles. The van der Waals surface area contributed by atoms with Gasteiger partial charge in [0, 0.05) is 0 Å². The first kappa shape index (κ1) is 14.4. The van der Waals surface area contributed by atoms with E-state index < -0.39 is 0 Å². The summed E-state index contributed by atoms with van der Waals surface area (Å²) >= 11 is 0. The summed E-state index contributed by atoms with van der Waals surface area (Å²) in [7, 11) is 0. The summed E-state index contributed by atoms with van der Waals surface area (Å²) in [4.78, 5) is 17.3. The first-order valence-corrected chi connectivity index (χ1v) is 7.20. The maximum Gasteiger partial charge on any atom is 0.356 e. The van der Waals surface area contributed by atoms with Crippen molar-refractivity contribution < 1.29 is 14.4 Å². The Hall–Kier alpha value is -1.03. The van der Waals surface area contributed by atoms with Crippen molar-refractivity contribution in [2.24, 2.45) is 11.3 Å². The predicted octanol–water partition coefficient (Wildman–Crippen LogP) is 2.94. The molecule has 19 heavy (non-hydrogen) atoms. The Morgan fingerprint density at radius 1 is 1.47 bits per heavy atom. The topological polar surface area (TPSA) is 47.6 Å². The smallest absolute Gasteiger partial charge is 0.356 e. The lowest BCUT2D eigenvalue weighted by molar-refractivity contribution is -0.141. The van der Waals surface area contributed by atoms with Gasteiger partial charge >= 0.3 is 5.97 Å². The molecule has 1 saturated carbocycles. The fourth-order valence-electron chi connectivity index (χ4n) is 3.01.